The zero-order chi connectivity index (χ0) is 8.60. The summed E-state index contributed by atoms with van der Waals surface area (Å²) < 4.78 is 0. The maximum absolute atomic E-state index is 11.7. The van der Waals surface area contributed by atoms with Gasteiger partial charge in [0.1, 0.15) is 5.78 Å². The van der Waals surface area contributed by atoms with Gasteiger partial charge in [0.25, 0.3) is 0 Å². The van der Waals surface area contributed by atoms with Crippen LogP contribution in [0.1, 0.15) is 51.9 Å². The quantitative estimate of drug-likeness (QED) is 0.540. The number of rotatable bonds is 0. The number of ketones is 1. The van der Waals surface area contributed by atoms with Gasteiger partial charge < -0.3 is 0 Å². The van der Waals surface area contributed by atoms with E-state index in [9.17, 15) is 4.79 Å². The summed E-state index contributed by atoms with van der Waals surface area (Å²) in [6.07, 6.45) is 8.22. The molecule has 0 bridgehead atoms. The van der Waals surface area contributed by atoms with Crippen LogP contribution in [0.4, 0.5) is 0 Å². The van der Waals surface area contributed by atoms with Crippen LogP contribution in [0, 0.1) is 11.3 Å². The molecule has 68 valence electrons. The number of hydrogen-bond donors (Lipinski definition) is 0. The van der Waals surface area contributed by atoms with E-state index < -0.39 is 0 Å². The molecule has 1 spiro atoms. The van der Waals surface area contributed by atoms with Crippen molar-refractivity contribution in [2.24, 2.45) is 11.3 Å². The minimum Gasteiger partial charge on any atom is -0.299 e. The zero-order valence-electron chi connectivity index (χ0n) is 7.94. The molecule has 0 aromatic rings. The molecule has 0 N–H and O–H groups in total. The molecular weight excluding hydrogens is 148 g/mol. The Morgan fingerprint density at radius 1 is 1.33 bits per heavy atom. The largest absolute Gasteiger partial charge is 0.299 e. The maximum Gasteiger partial charge on any atom is 0.139 e. The summed E-state index contributed by atoms with van der Waals surface area (Å²) >= 11 is 0. The lowest BCUT2D eigenvalue weighted by Crippen LogP contribution is -2.31. The molecular formula is C11H18O. The molecule has 0 heterocycles. The van der Waals surface area contributed by atoms with E-state index >= 15 is 0 Å². The minimum atomic E-state index is 0.164. The molecule has 2 saturated carbocycles. The minimum absolute atomic E-state index is 0.164. The van der Waals surface area contributed by atoms with Crippen LogP contribution in [0.15, 0.2) is 0 Å². The summed E-state index contributed by atoms with van der Waals surface area (Å²) in [6.45, 7) is 2.30. The topological polar surface area (TPSA) is 17.1 Å². The second-order valence-electron chi connectivity index (χ2n) is 4.76. The predicted octanol–water partition coefficient (Wildman–Crippen LogP) is 2.94. The molecule has 0 amide bonds. The van der Waals surface area contributed by atoms with Crippen molar-refractivity contribution in [2.75, 3.05) is 0 Å². The van der Waals surface area contributed by atoms with Gasteiger partial charge in [-0.05, 0) is 31.6 Å². The van der Waals surface area contributed by atoms with E-state index in [4.69, 9.17) is 0 Å². The lowest BCUT2D eigenvalue weighted by atomic mass is 9.68. The highest BCUT2D eigenvalue weighted by Crippen LogP contribution is 2.48. The first-order valence-corrected chi connectivity index (χ1v) is 5.26. The fourth-order valence-electron chi connectivity index (χ4n) is 3.13. The summed E-state index contributed by atoms with van der Waals surface area (Å²) in [5.74, 6) is 1.37. The van der Waals surface area contributed by atoms with E-state index in [0.717, 1.165) is 18.8 Å². The van der Waals surface area contributed by atoms with Gasteiger partial charge in [-0.1, -0.05) is 19.8 Å². The SMILES string of the molecule is CC1CCCC2(CCCC2=O)C1. The molecule has 2 rings (SSSR count). The molecule has 0 saturated heterocycles. The third-order valence-electron chi connectivity index (χ3n) is 3.74. The fraction of sp³-hybridized carbons (Fsp3) is 0.909. The van der Waals surface area contributed by atoms with Crippen molar-refractivity contribution in [3.8, 4) is 0 Å². The van der Waals surface area contributed by atoms with Crippen molar-refractivity contribution < 1.29 is 4.79 Å². The van der Waals surface area contributed by atoms with Gasteiger partial charge in [-0.2, -0.15) is 0 Å². The van der Waals surface area contributed by atoms with Crippen LogP contribution < -0.4 is 0 Å². The lowest BCUT2D eigenvalue weighted by Gasteiger charge is -2.35. The highest BCUT2D eigenvalue weighted by atomic mass is 16.1. The van der Waals surface area contributed by atoms with Gasteiger partial charge in [0.2, 0.25) is 0 Å². The van der Waals surface area contributed by atoms with E-state index in [2.05, 4.69) is 6.92 Å². The van der Waals surface area contributed by atoms with Gasteiger partial charge in [-0.3, -0.25) is 4.79 Å². The van der Waals surface area contributed by atoms with Gasteiger partial charge >= 0.3 is 0 Å². The monoisotopic (exact) mass is 166 g/mol. The first-order valence-electron chi connectivity index (χ1n) is 5.26. The molecule has 12 heavy (non-hydrogen) atoms. The van der Waals surface area contributed by atoms with Crippen molar-refractivity contribution in [3.63, 3.8) is 0 Å². The molecule has 1 nitrogen and oxygen atoms in total. The molecule has 2 aliphatic rings. The molecule has 0 aromatic heterocycles. The summed E-state index contributed by atoms with van der Waals surface area (Å²) in [5, 5.41) is 0. The highest BCUT2D eigenvalue weighted by Gasteiger charge is 2.43. The van der Waals surface area contributed by atoms with Crippen LogP contribution in [-0.2, 0) is 4.79 Å². The van der Waals surface area contributed by atoms with Crippen molar-refractivity contribution in [1.82, 2.24) is 0 Å². The average Bonchev–Trinajstić information content (AvgIpc) is 2.33. The van der Waals surface area contributed by atoms with E-state index in [1.165, 1.54) is 32.1 Å². The van der Waals surface area contributed by atoms with E-state index in [1.807, 2.05) is 0 Å². The van der Waals surface area contributed by atoms with Gasteiger partial charge in [-0.15, -0.1) is 0 Å². The van der Waals surface area contributed by atoms with E-state index in [-0.39, 0.29) is 5.41 Å². The Morgan fingerprint density at radius 3 is 2.67 bits per heavy atom. The zero-order valence-corrected chi connectivity index (χ0v) is 7.94. The van der Waals surface area contributed by atoms with Crippen molar-refractivity contribution in [1.29, 1.82) is 0 Å². The van der Waals surface area contributed by atoms with Crippen LogP contribution in [0.2, 0.25) is 0 Å². The molecule has 2 atom stereocenters. The fourth-order valence-corrected chi connectivity index (χ4v) is 3.13. The standard InChI is InChI=1S/C11H18O/c1-9-4-2-6-11(8-9)7-3-5-10(11)12/h9H,2-8H2,1H3. The smallest absolute Gasteiger partial charge is 0.139 e. The Labute approximate surface area is 74.5 Å². The first kappa shape index (κ1) is 8.28. The Kier molecular flexibility index (Phi) is 1.97. The molecule has 2 aliphatic carbocycles. The summed E-state index contributed by atoms with van der Waals surface area (Å²) in [7, 11) is 0. The van der Waals surface area contributed by atoms with Crippen LogP contribution in [-0.4, -0.2) is 5.78 Å². The summed E-state index contributed by atoms with van der Waals surface area (Å²) in [6, 6.07) is 0. The number of hydrogen-bond acceptors (Lipinski definition) is 1. The van der Waals surface area contributed by atoms with Gasteiger partial charge in [0, 0.05) is 11.8 Å². The normalized spacial score (nSPS) is 42.4. The van der Waals surface area contributed by atoms with E-state index in [1.54, 1.807) is 0 Å². The Morgan fingerprint density at radius 2 is 2.08 bits per heavy atom. The first-order chi connectivity index (χ1) is 5.73. The average molecular weight is 166 g/mol. The molecule has 2 fully saturated rings. The van der Waals surface area contributed by atoms with Crippen molar-refractivity contribution in [3.05, 3.63) is 0 Å². The Hall–Kier alpha value is -0.330. The number of carbonyl (C=O) groups is 1. The van der Waals surface area contributed by atoms with E-state index in [0.29, 0.717) is 5.78 Å². The molecule has 2 unspecified atom stereocenters. The lowest BCUT2D eigenvalue weighted by molar-refractivity contribution is -0.128. The molecule has 0 radical (unpaired) electrons. The van der Waals surface area contributed by atoms with Gasteiger partial charge in [-0.25, -0.2) is 0 Å². The maximum atomic E-state index is 11.7. The van der Waals surface area contributed by atoms with Gasteiger partial charge in [0.15, 0.2) is 0 Å². The van der Waals surface area contributed by atoms with Crippen LogP contribution >= 0.6 is 0 Å². The highest BCUT2D eigenvalue weighted by molar-refractivity contribution is 5.86. The van der Waals surface area contributed by atoms with Crippen LogP contribution in [0.3, 0.4) is 0 Å². The van der Waals surface area contributed by atoms with Crippen molar-refractivity contribution in [2.45, 2.75) is 51.9 Å². The summed E-state index contributed by atoms with van der Waals surface area (Å²) in [4.78, 5) is 11.7. The molecule has 0 aromatic carbocycles. The molecule has 1 heteroatoms. The van der Waals surface area contributed by atoms with Gasteiger partial charge in [0.05, 0.1) is 0 Å². The number of carbonyl (C=O) groups excluding carboxylic acids is 1. The Bertz CT molecular complexity index is 197. The summed E-state index contributed by atoms with van der Waals surface area (Å²) in [5.41, 5.74) is 0.164. The van der Waals surface area contributed by atoms with Crippen LogP contribution in [0.25, 0.3) is 0 Å². The second kappa shape index (κ2) is 2.86. The van der Waals surface area contributed by atoms with Crippen LogP contribution in [0.5, 0.6) is 0 Å². The third-order valence-corrected chi connectivity index (χ3v) is 3.74. The van der Waals surface area contributed by atoms with Crippen molar-refractivity contribution >= 4 is 5.78 Å². The molecule has 0 aliphatic heterocycles. The number of Topliss-reactive ketones (excluding diaryl/α,β-unsaturated/α-hetero) is 1. The second-order valence-corrected chi connectivity index (χ2v) is 4.76. The predicted molar refractivity (Wildman–Crippen MR) is 48.9 cm³/mol. The Balaban J connectivity index is 2.13. The third kappa shape index (κ3) is 1.19.